The van der Waals surface area contributed by atoms with Gasteiger partial charge < -0.3 is 4.74 Å². The Labute approximate surface area is 75.7 Å². The van der Waals surface area contributed by atoms with E-state index in [-0.39, 0.29) is 5.97 Å². The molecule has 1 heterocycles. The van der Waals surface area contributed by atoms with Gasteiger partial charge in [-0.1, -0.05) is 18.2 Å². The summed E-state index contributed by atoms with van der Waals surface area (Å²) in [5, 5.41) is 0. The first kappa shape index (κ1) is 8.22. The molecule has 2 rings (SSSR count). The van der Waals surface area contributed by atoms with E-state index < -0.39 is 6.04 Å². The largest absolute Gasteiger partial charge is 0.425 e. The van der Waals surface area contributed by atoms with Crippen LogP contribution in [0.5, 0.6) is 5.75 Å². The number of ether oxygens (including phenoxy) is 1. The Balaban J connectivity index is 2.33. The summed E-state index contributed by atoms with van der Waals surface area (Å²) in [5.74, 6) is 5.52. The number of fused-ring (bicyclic) bond motifs is 1. The number of esters is 1. The number of hydrazine groups is 1. The monoisotopic (exact) mass is 178 g/mol. The van der Waals surface area contributed by atoms with Crippen LogP contribution in [0.15, 0.2) is 24.3 Å². The van der Waals surface area contributed by atoms with Crippen LogP contribution in [0.3, 0.4) is 0 Å². The van der Waals surface area contributed by atoms with Crippen LogP contribution >= 0.6 is 0 Å². The van der Waals surface area contributed by atoms with E-state index in [9.17, 15) is 4.79 Å². The minimum Gasteiger partial charge on any atom is -0.425 e. The first-order valence-electron chi connectivity index (χ1n) is 4.07. The molecule has 0 aliphatic carbocycles. The van der Waals surface area contributed by atoms with E-state index in [0.717, 1.165) is 5.56 Å². The SMILES string of the molecule is NNC1Cc2ccccc2OC1=O. The van der Waals surface area contributed by atoms with Crippen molar-refractivity contribution in [3.8, 4) is 5.75 Å². The van der Waals surface area contributed by atoms with Crippen molar-refractivity contribution >= 4 is 5.97 Å². The Morgan fingerprint density at radius 1 is 1.46 bits per heavy atom. The Hall–Kier alpha value is -1.39. The second kappa shape index (κ2) is 3.16. The number of carbonyl (C=O) groups excluding carboxylic acids is 1. The number of nitrogens with one attached hydrogen (secondary N) is 1. The Morgan fingerprint density at radius 2 is 2.23 bits per heavy atom. The molecule has 0 aromatic heterocycles. The molecule has 1 atom stereocenters. The van der Waals surface area contributed by atoms with Gasteiger partial charge in [-0.05, 0) is 11.6 Å². The minimum atomic E-state index is -0.421. The molecule has 0 radical (unpaired) electrons. The Kier molecular flexibility index (Phi) is 2.00. The number of benzene rings is 1. The third-order valence-electron chi connectivity index (χ3n) is 2.09. The van der Waals surface area contributed by atoms with Gasteiger partial charge in [0.25, 0.3) is 0 Å². The molecule has 1 unspecified atom stereocenters. The van der Waals surface area contributed by atoms with Gasteiger partial charge in [-0.2, -0.15) is 0 Å². The van der Waals surface area contributed by atoms with Crippen LogP contribution in [0, 0.1) is 0 Å². The lowest BCUT2D eigenvalue weighted by atomic mass is 10.0. The number of carbonyl (C=O) groups is 1. The molecule has 0 spiro atoms. The lowest BCUT2D eigenvalue weighted by molar-refractivity contribution is -0.137. The van der Waals surface area contributed by atoms with Crippen molar-refractivity contribution in [3.05, 3.63) is 29.8 Å². The predicted molar refractivity (Wildman–Crippen MR) is 46.9 cm³/mol. The maximum absolute atomic E-state index is 11.2. The molecule has 1 aromatic rings. The number of para-hydroxylation sites is 1. The topological polar surface area (TPSA) is 64.3 Å². The number of rotatable bonds is 1. The van der Waals surface area contributed by atoms with Gasteiger partial charge in [0.2, 0.25) is 0 Å². The Morgan fingerprint density at radius 3 is 3.00 bits per heavy atom. The summed E-state index contributed by atoms with van der Waals surface area (Å²) in [6, 6.07) is 7.02. The molecule has 3 N–H and O–H groups in total. The molecule has 0 amide bonds. The molecule has 1 aliphatic heterocycles. The second-order valence-corrected chi connectivity index (χ2v) is 2.95. The van der Waals surface area contributed by atoms with E-state index in [0.29, 0.717) is 12.2 Å². The molecule has 13 heavy (non-hydrogen) atoms. The van der Waals surface area contributed by atoms with E-state index >= 15 is 0 Å². The Bertz CT molecular complexity index is 338. The van der Waals surface area contributed by atoms with Gasteiger partial charge in [0, 0.05) is 6.42 Å². The second-order valence-electron chi connectivity index (χ2n) is 2.95. The van der Waals surface area contributed by atoms with Crippen molar-refractivity contribution in [2.24, 2.45) is 5.84 Å². The van der Waals surface area contributed by atoms with E-state index in [1.165, 1.54) is 0 Å². The summed E-state index contributed by atoms with van der Waals surface area (Å²) in [6.45, 7) is 0. The molecule has 1 aliphatic rings. The van der Waals surface area contributed by atoms with Gasteiger partial charge in [-0.3, -0.25) is 5.84 Å². The van der Waals surface area contributed by atoms with Crippen LogP contribution in [0.25, 0.3) is 0 Å². The first-order chi connectivity index (χ1) is 6.31. The first-order valence-corrected chi connectivity index (χ1v) is 4.07. The van der Waals surface area contributed by atoms with Gasteiger partial charge in [0.15, 0.2) is 0 Å². The van der Waals surface area contributed by atoms with Crippen molar-refractivity contribution in [2.45, 2.75) is 12.5 Å². The van der Waals surface area contributed by atoms with Crippen molar-refractivity contribution in [2.75, 3.05) is 0 Å². The zero-order valence-electron chi connectivity index (χ0n) is 6.99. The summed E-state index contributed by atoms with van der Waals surface area (Å²) in [6.07, 6.45) is 0.589. The summed E-state index contributed by atoms with van der Waals surface area (Å²) in [7, 11) is 0. The highest BCUT2D eigenvalue weighted by Crippen LogP contribution is 2.24. The standard InChI is InChI=1S/C9H10N2O2/c10-11-7-5-6-3-1-2-4-8(6)13-9(7)12/h1-4,7,11H,5,10H2. The summed E-state index contributed by atoms with van der Waals surface area (Å²) in [5.41, 5.74) is 3.42. The highest BCUT2D eigenvalue weighted by Gasteiger charge is 2.26. The average Bonchev–Trinajstić information content (AvgIpc) is 2.17. The zero-order chi connectivity index (χ0) is 9.26. The molecule has 0 bridgehead atoms. The molecule has 4 nitrogen and oxygen atoms in total. The molecule has 0 saturated heterocycles. The molecule has 0 saturated carbocycles. The van der Waals surface area contributed by atoms with E-state index in [1.54, 1.807) is 6.07 Å². The number of nitrogens with two attached hydrogens (primary N) is 1. The van der Waals surface area contributed by atoms with Crippen LogP contribution in [0.2, 0.25) is 0 Å². The van der Waals surface area contributed by atoms with Crippen molar-refractivity contribution in [3.63, 3.8) is 0 Å². The van der Waals surface area contributed by atoms with Crippen molar-refractivity contribution < 1.29 is 9.53 Å². The highest BCUT2D eigenvalue weighted by atomic mass is 16.5. The minimum absolute atomic E-state index is 0.318. The summed E-state index contributed by atoms with van der Waals surface area (Å²) < 4.78 is 5.05. The smallest absolute Gasteiger partial charge is 0.330 e. The third-order valence-corrected chi connectivity index (χ3v) is 2.09. The molecule has 0 fully saturated rings. The normalized spacial score (nSPS) is 20.7. The number of hydrogen-bond donors (Lipinski definition) is 2. The fourth-order valence-corrected chi connectivity index (χ4v) is 1.38. The molecule has 1 aromatic carbocycles. The summed E-state index contributed by atoms with van der Waals surface area (Å²) in [4.78, 5) is 11.2. The van der Waals surface area contributed by atoms with Crippen LogP contribution in [0.4, 0.5) is 0 Å². The molecular formula is C9H10N2O2. The van der Waals surface area contributed by atoms with E-state index in [4.69, 9.17) is 10.6 Å². The lowest BCUT2D eigenvalue weighted by Crippen LogP contribution is -2.47. The number of hydrogen-bond acceptors (Lipinski definition) is 4. The maximum atomic E-state index is 11.2. The van der Waals surface area contributed by atoms with Crippen molar-refractivity contribution in [1.29, 1.82) is 0 Å². The lowest BCUT2D eigenvalue weighted by Gasteiger charge is -2.22. The van der Waals surface area contributed by atoms with Crippen molar-refractivity contribution in [1.82, 2.24) is 5.43 Å². The predicted octanol–water partition coefficient (Wildman–Crippen LogP) is -0.0200. The molecule has 68 valence electrons. The fraction of sp³-hybridized carbons (Fsp3) is 0.222. The maximum Gasteiger partial charge on any atom is 0.330 e. The van der Waals surface area contributed by atoms with Crippen LogP contribution in [0.1, 0.15) is 5.56 Å². The molecular weight excluding hydrogens is 168 g/mol. The highest BCUT2D eigenvalue weighted by molar-refractivity contribution is 5.80. The van der Waals surface area contributed by atoms with Gasteiger partial charge in [0.1, 0.15) is 11.8 Å². The zero-order valence-corrected chi connectivity index (χ0v) is 6.99. The van der Waals surface area contributed by atoms with Gasteiger partial charge in [0.05, 0.1) is 0 Å². The molecule has 4 heteroatoms. The fourth-order valence-electron chi connectivity index (χ4n) is 1.38. The quantitative estimate of drug-likeness (QED) is 0.274. The van der Waals surface area contributed by atoms with Crippen LogP contribution in [-0.4, -0.2) is 12.0 Å². The van der Waals surface area contributed by atoms with Crippen LogP contribution < -0.4 is 16.0 Å². The van der Waals surface area contributed by atoms with Gasteiger partial charge >= 0.3 is 5.97 Å². The summed E-state index contributed by atoms with van der Waals surface area (Å²) >= 11 is 0. The van der Waals surface area contributed by atoms with E-state index in [2.05, 4.69) is 5.43 Å². The van der Waals surface area contributed by atoms with E-state index in [1.807, 2.05) is 18.2 Å². The third kappa shape index (κ3) is 1.41. The average molecular weight is 178 g/mol. The van der Waals surface area contributed by atoms with Gasteiger partial charge in [-0.25, -0.2) is 10.2 Å². The van der Waals surface area contributed by atoms with Crippen LogP contribution in [-0.2, 0) is 11.2 Å². The van der Waals surface area contributed by atoms with Gasteiger partial charge in [-0.15, -0.1) is 0 Å².